The van der Waals surface area contributed by atoms with Crippen LogP contribution in [0.15, 0.2) is 83.5 Å². The Bertz CT molecular complexity index is 1520. The number of hydrogen-bond acceptors (Lipinski definition) is 0. The molecule has 0 bridgehead atoms. The van der Waals surface area contributed by atoms with Gasteiger partial charge in [0.25, 0.3) is 0 Å². The molecule has 5 rings (SSSR count). The van der Waals surface area contributed by atoms with Crippen molar-refractivity contribution in [2.45, 2.75) is 94.4 Å². The van der Waals surface area contributed by atoms with Gasteiger partial charge in [-0.2, -0.15) is 0 Å². The number of benzene rings is 2. The van der Waals surface area contributed by atoms with Gasteiger partial charge in [-0.05, 0) is 132 Å². The molecule has 0 heteroatoms. The van der Waals surface area contributed by atoms with Gasteiger partial charge in [-0.1, -0.05) is 101 Å². The van der Waals surface area contributed by atoms with Crippen LogP contribution in [0, 0.1) is 23.2 Å². The monoisotopic (exact) mass is 516 g/mol. The van der Waals surface area contributed by atoms with Crippen LogP contribution in [0.25, 0.3) is 16.7 Å². The number of aryl methyl sites for hydroxylation is 3. The molecule has 2 aromatic carbocycles. The summed E-state index contributed by atoms with van der Waals surface area (Å²) in [6.07, 6.45) is 5.37. The highest BCUT2D eigenvalue weighted by Gasteiger charge is 2.59. The predicted molar refractivity (Wildman–Crippen MR) is 171 cm³/mol. The molecule has 2 aromatic rings. The first-order valence-corrected chi connectivity index (χ1v) is 15.0. The number of hydrogen-bond donors (Lipinski definition) is 0. The second-order valence-corrected chi connectivity index (χ2v) is 13.7. The molecule has 204 valence electrons. The molecule has 0 nitrogen and oxygen atoms in total. The minimum Gasteiger partial charge on any atom is -0.0955 e. The fraction of sp³-hybridized carbons (Fsp3) is 0.436. The Hall–Kier alpha value is -2.86. The molecule has 0 saturated carbocycles. The van der Waals surface area contributed by atoms with Crippen LogP contribution >= 0.6 is 0 Å². The lowest BCUT2D eigenvalue weighted by molar-refractivity contribution is 0.0544. The van der Waals surface area contributed by atoms with E-state index in [2.05, 4.69) is 99.2 Å². The Morgan fingerprint density at radius 1 is 0.897 bits per heavy atom. The van der Waals surface area contributed by atoms with Crippen molar-refractivity contribution >= 4 is 5.57 Å². The van der Waals surface area contributed by atoms with E-state index >= 15 is 0 Å². The lowest BCUT2D eigenvalue weighted by Gasteiger charge is -2.62. The molecule has 0 unspecified atom stereocenters. The van der Waals surface area contributed by atoms with Gasteiger partial charge in [0.2, 0.25) is 0 Å². The van der Waals surface area contributed by atoms with Crippen LogP contribution < -0.4 is 0 Å². The zero-order chi connectivity index (χ0) is 28.7. The van der Waals surface area contributed by atoms with Crippen LogP contribution in [-0.4, -0.2) is 0 Å². The second kappa shape index (κ2) is 9.09. The summed E-state index contributed by atoms with van der Waals surface area (Å²) in [5.74, 6) is 0. The van der Waals surface area contributed by atoms with Crippen molar-refractivity contribution in [3.8, 4) is 11.1 Å². The van der Waals surface area contributed by atoms with E-state index in [1.54, 1.807) is 0 Å². The summed E-state index contributed by atoms with van der Waals surface area (Å²) in [5, 5.41) is 0. The predicted octanol–water partition coefficient (Wildman–Crippen LogP) is 10.9. The van der Waals surface area contributed by atoms with E-state index in [0.29, 0.717) is 0 Å². The maximum Gasteiger partial charge on any atom is 0.0194 e. The number of fused-ring (bicyclic) bond motifs is 3. The second-order valence-electron chi connectivity index (χ2n) is 13.7. The molecular weight excluding hydrogens is 468 g/mol. The molecule has 3 aliphatic carbocycles. The summed E-state index contributed by atoms with van der Waals surface area (Å²) in [6.45, 7) is 35.2. The first kappa shape index (κ1) is 27.7. The number of allylic oxidation sites excluding steroid dienone is 7. The zero-order valence-corrected chi connectivity index (χ0v) is 26.0. The Kier molecular flexibility index (Phi) is 6.45. The molecule has 0 saturated heterocycles. The molecular formula is C39H48. The molecule has 0 N–H and O–H groups in total. The van der Waals surface area contributed by atoms with Gasteiger partial charge in [-0.25, -0.2) is 0 Å². The van der Waals surface area contributed by atoms with Crippen LogP contribution in [0.3, 0.4) is 0 Å². The summed E-state index contributed by atoms with van der Waals surface area (Å²) in [7, 11) is 0. The molecule has 3 aliphatic rings. The molecule has 0 amide bonds. The maximum absolute atomic E-state index is 4.88. The molecule has 0 aromatic heterocycles. The first-order chi connectivity index (χ1) is 18.2. The average Bonchev–Trinajstić information content (AvgIpc) is 2.85. The molecule has 0 spiro atoms. The normalized spacial score (nSPS) is 28.3. The smallest absolute Gasteiger partial charge is 0.0194 e. The van der Waals surface area contributed by atoms with Crippen molar-refractivity contribution in [2.24, 2.45) is 16.2 Å². The average molecular weight is 517 g/mol. The van der Waals surface area contributed by atoms with Gasteiger partial charge < -0.3 is 0 Å². The quantitative estimate of drug-likeness (QED) is 0.379. The van der Waals surface area contributed by atoms with Gasteiger partial charge in [0.15, 0.2) is 0 Å². The first-order valence-electron chi connectivity index (χ1n) is 15.0. The Labute approximate surface area is 238 Å². The third kappa shape index (κ3) is 3.70. The van der Waals surface area contributed by atoms with Gasteiger partial charge in [0, 0.05) is 5.41 Å². The molecule has 0 heterocycles. The highest BCUT2D eigenvalue weighted by atomic mass is 14.6. The van der Waals surface area contributed by atoms with Crippen molar-refractivity contribution in [1.29, 1.82) is 0 Å². The van der Waals surface area contributed by atoms with Gasteiger partial charge in [0.1, 0.15) is 0 Å². The fourth-order valence-electron chi connectivity index (χ4n) is 9.19. The molecule has 0 radical (unpaired) electrons. The van der Waals surface area contributed by atoms with Crippen LogP contribution in [0.5, 0.6) is 0 Å². The summed E-state index contributed by atoms with van der Waals surface area (Å²) in [5.41, 5.74) is 19.2. The van der Waals surface area contributed by atoms with Crippen molar-refractivity contribution in [3.05, 3.63) is 111 Å². The summed E-state index contributed by atoms with van der Waals surface area (Å²) in [6, 6.07) is 11.8. The highest BCUT2D eigenvalue weighted by Crippen LogP contribution is 2.70. The molecule has 0 aliphatic heterocycles. The summed E-state index contributed by atoms with van der Waals surface area (Å²) in [4.78, 5) is 0. The zero-order valence-electron chi connectivity index (χ0n) is 26.0. The fourth-order valence-corrected chi connectivity index (χ4v) is 9.19. The summed E-state index contributed by atoms with van der Waals surface area (Å²) >= 11 is 0. The Balaban J connectivity index is 1.78. The van der Waals surface area contributed by atoms with E-state index in [4.69, 9.17) is 13.2 Å². The molecule has 0 fully saturated rings. The maximum atomic E-state index is 4.88. The van der Waals surface area contributed by atoms with E-state index in [9.17, 15) is 0 Å². The standard InChI is InChI=1S/C39H48/c1-13-29-16-17-30(14-2)32(19-29)31-18-15-24(5)35-26(7)36-28(9)39(12)27(8)34(23(3)4)25(6)20-38(39,11)22-37(36,10)21-33(31)35/h15-19H,3,7-8,13-14,20-22H2,1-2,4-6,9-12H3/t37-,38+,39-/m1/s1. The highest BCUT2D eigenvalue weighted by molar-refractivity contribution is 5.90. The van der Waals surface area contributed by atoms with Gasteiger partial charge in [0.05, 0.1) is 0 Å². The van der Waals surface area contributed by atoms with E-state index in [-0.39, 0.29) is 16.2 Å². The van der Waals surface area contributed by atoms with E-state index < -0.39 is 0 Å². The lowest BCUT2D eigenvalue weighted by atomic mass is 9.41. The van der Waals surface area contributed by atoms with Gasteiger partial charge in [-0.3, -0.25) is 0 Å². The minimum absolute atomic E-state index is 0.0288. The number of rotatable bonds is 4. The Morgan fingerprint density at radius 3 is 2.21 bits per heavy atom. The van der Waals surface area contributed by atoms with E-state index in [0.717, 1.165) is 37.7 Å². The third-order valence-electron chi connectivity index (χ3n) is 11.1. The largest absolute Gasteiger partial charge is 0.0955 e. The third-order valence-corrected chi connectivity index (χ3v) is 11.1. The van der Waals surface area contributed by atoms with Crippen LogP contribution in [0.2, 0.25) is 0 Å². The van der Waals surface area contributed by atoms with Crippen LogP contribution in [0.1, 0.15) is 96.0 Å². The van der Waals surface area contributed by atoms with E-state index in [1.165, 1.54) is 72.4 Å². The van der Waals surface area contributed by atoms with Crippen molar-refractivity contribution in [3.63, 3.8) is 0 Å². The van der Waals surface area contributed by atoms with Crippen LogP contribution in [0.4, 0.5) is 0 Å². The Morgan fingerprint density at radius 2 is 1.59 bits per heavy atom. The topological polar surface area (TPSA) is 0 Å². The van der Waals surface area contributed by atoms with Gasteiger partial charge >= 0.3 is 0 Å². The van der Waals surface area contributed by atoms with E-state index in [1.807, 2.05) is 0 Å². The SMILES string of the molecule is C=C(C)C1=C(C)C[C@@]2(C)C[C@@]3(C)Cc4c(-c5cc(CC)ccc5CC)ccc(C)c4C(=C)C3=C(C)[C@@]2(C)C1=C. The minimum atomic E-state index is -0.119. The van der Waals surface area contributed by atoms with Crippen molar-refractivity contribution in [1.82, 2.24) is 0 Å². The van der Waals surface area contributed by atoms with Crippen molar-refractivity contribution < 1.29 is 0 Å². The molecule has 3 atom stereocenters. The van der Waals surface area contributed by atoms with Crippen LogP contribution in [-0.2, 0) is 19.3 Å². The van der Waals surface area contributed by atoms with Crippen molar-refractivity contribution in [2.75, 3.05) is 0 Å². The summed E-state index contributed by atoms with van der Waals surface area (Å²) < 4.78 is 0. The lowest BCUT2D eigenvalue weighted by Crippen LogP contribution is -2.52. The molecule has 39 heavy (non-hydrogen) atoms. The van der Waals surface area contributed by atoms with Gasteiger partial charge in [-0.15, -0.1) is 0 Å².